The zero-order chi connectivity index (χ0) is 15.9. The predicted molar refractivity (Wildman–Crippen MR) is 86.4 cm³/mol. The lowest BCUT2D eigenvalue weighted by Gasteiger charge is -2.07. The average Bonchev–Trinajstić information content (AvgIpc) is 2.52. The van der Waals surface area contributed by atoms with Crippen LogP contribution in [0, 0.1) is 18.3 Å². The van der Waals surface area contributed by atoms with E-state index in [9.17, 15) is 4.79 Å². The van der Waals surface area contributed by atoms with E-state index in [-0.39, 0.29) is 5.57 Å². The minimum atomic E-state index is -0.545. The molecule has 2 N–H and O–H groups in total. The Kier molecular flexibility index (Phi) is 5.12. The second-order valence-corrected chi connectivity index (χ2v) is 4.82. The summed E-state index contributed by atoms with van der Waals surface area (Å²) in [6.07, 6.45) is 2.94. The van der Waals surface area contributed by atoms with Crippen LogP contribution in [0.25, 0.3) is 0 Å². The second kappa shape index (κ2) is 7.25. The van der Waals surface area contributed by atoms with Gasteiger partial charge in [-0.2, -0.15) is 5.26 Å². The van der Waals surface area contributed by atoms with Gasteiger partial charge in [0.1, 0.15) is 17.5 Å². The third kappa shape index (κ3) is 3.84. The minimum absolute atomic E-state index is 0.0787. The number of aromatic nitrogens is 1. The lowest BCUT2D eigenvalue weighted by atomic mass is 10.2. The van der Waals surface area contributed by atoms with Gasteiger partial charge in [0.15, 0.2) is 0 Å². The first kappa shape index (κ1) is 15.5. The summed E-state index contributed by atoms with van der Waals surface area (Å²) in [5, 5.41) is 15.0. The number of rotatable bonds is 4. The Hall–Kier alpha value is -2.84. The number of amides is 1. The quantitative estimate of drug-likeness (QED) is 0.669. The van der Waals surface area contributed by atoms with Crippen LogP contribution >= 0.6 is 11.6 Å². The van der Waals surface area contributed by atoms with E-state index in [1.54, 1.807) is 36.5 Å². The molecular formula is C16H13ClN4O. The number of benzene rings is 1. The molecule has 0 aliphatic carbocycles. The van der Waals surface area contributed by atoms with Crippen molar-refractivity contribution in [3.63, 3.8) is 0 Å². The van der Waals surface area contributed by atoms with Crippen molar-refractivity contribution in [1.29, 1.82) is 5.26 Å². The molecule has 0 saturated carbocycles. The first-order chi connectivity index (χ1) is 10.6. The molecule has 0 aliphatic rings. The maximum absolute atomic E-state index is 12.1. The van der Waals surface area contributed by atoms with Gasteiger partial charge in [-0.25, -0.2) is 4.98 Å². The van der Waals surface area contributed by atoms with Gasteiger partial charge in [-0.1, -0.05) is 29.8 Å². The number of hydrogen-bond donors (Lipinski definition) is 2. The number of nitrogens with one attached hydrogen (secondary N) is 2. The zero-order valence-electron chi connectivity index (χ0n) is 11.8. The third-order valence-corrected chi connectivity index (χ3v) is 3.18. The number of hydrogen-bond acceptors (Lipinski definition) is 4. The van der Waals surface area contributed by atoms with Crippen LogP contribution in [-0.2, 0) is 4.79 Å². The molecule has 0 radical (unpaired) electrons. The van der Waals surface area contributed by atoms with E-state index in [2.05, 4.69) is 15.6 Å². The summed E-state index contributed by atoms with van der Waals surface area (Å²) < 4.78 is 0. The molecule has 6 heteroatoms. The molecule has 110 valence electrons. The summed E-state index contributed by atoms with van der Waals surface area (Å²) >= 11 is 5.97. The Morgan fingerprint density at radius 3 is 2.77 bits per heavy atom. The van der Waals surface area contributed by atoms with Gasteiger partial charge in [-0.15, -0.1) is 0 Å². The van der Waals surface area contributed by atoms with E-state index in [0.29, 0.717) is 16.5 Å². The molecule has 0 spiro atoms. The highest BCUT2D eigenvalue weighted by Gasteiger charge is 2.11. The van der Waals surface area contributed by atoms with Crippen LogP contribution in [0.1, 0.15) is 5.56 Å². The molecule has 1 amide bonds. The van der Waals surface area contributed by atoms with Crippen LogP contribution in [0.4, 0.5) is 11.5 Å². The van der Waals surface area contributed by atoms with Gasteiger partial charge in [0.25, 0.3) is 5.91 Å². The van der Waals surface area contributed by atoms with Gasteiger partial charge in [0, 0.05) is 12.4 Å². The normalized spacial score (nSPS) is 10.7. The molecule has 5 nitrogen and oxygen atoms in total. The van der Waals surface area contributed by atoms with E-state index >= 15 is 0 Å². The number of nitrogens with zero attached hydrogens (tertiary/aromatic N) is 2. The molecule has 0 saturated heterocycles. The molecule has 1 aromatic carbocycles. The van der Waals surface area contributed by atoms with E-state index in [1.165, 1.54) is 6.20 Å². The van der Waals surface area contributed by atoms with Crippen LogP contribution in [0.2, 0.25) is 5.02 Å². The minimum Gasteiger partial charge on any atom is -0.345 e. The second-order valence-electron chi connectivity index (χ2n) is 4.42. The number of halogens is 1. The van der Waals surface area contributed by atoms with Crippen molar-refractivity contribution < 1.29 is 4.79 Å². The molecule has 1 aromatic heterocycles. The number of anilines is 2. The number of carbonyl (C=O) groups excluding carboxylic acids is 1. The van der Waals surface area contributed by atoms with Crippen molar-refractivity contribution in [3.8, 4) is 6.07 Å². The Balaban J connectivity index is 2.13. The van der Waals surface area contributed by atoms with Crippen molar-refractivity contribution in [2.45, 2.75) is 6.92 Å². The fraction of sp³-hybridized carbons (Fsp3) is 0.0625. The fourth-order valence-electron chi connectivity index (χ4n) is 1.68. The van der Waals surface area contributed by atoms with Crippen molar-refractivity contribution in [3.05, 3.63) is 65.0 Å². The number of aryl methyl sites for hydroxylation is 1. The Morgan fingerprint density at radius 2 is 2.09 bits per heavy atom. The summed E-state index contributed by atoms with van der Waals surface area (Å²) in [6, 6.07) is 12.3. The smallest absolute Gasteiger partial charge is 0.267 e. The summed E-state index contributed by atoms with van der Waals surface area (Å²) in [5.74, 6) is 0.0393. The molecule has 0 unspecified atom stereocenters. The number of nitriles is 1. The van der Waals surface area contributed by atoms with Crippen LogP contribution < -0.4 is 10.6 Å². The van der Waals surface area contributed by atoms with Crippen LogP contribution in [0.5, 0.6) is 0 Å². The highest BCUT2D eigenvalue weighted by atomic mass is 35.5. The molecule has 0 atom stereocenters. The van der Waals surface area contributed by atoms with Gasteiger partial charge < -0.3 is 10.6 Å². The highest BCUT2D eigenvalue weighted by Crippen LogP contribution is 2.21. The molecule has 2 aromatic rings. The van der Waals surface area contributed by atoms with Gasteiger partial charge in [-0.3, -0.25) is 4.79 Å². The third-order valence-electron chi connectivity index (χ3n) is 2.85. The van der Waals surface area contributed by atoms with Crippen molar-refractivity contribution in [2.24, 2.45) is 0 Å². The van der Waals surface area contributed by atoms with Gasteiger partial charge in [0.05, 0.1) is 10.7 Å². The largest absolute Gasteiger partial charge is 0.345 e. The maximum atomic E-state index is 12.1. The van der Waals surface area contributed by atoms with Crippen molar-refractivity contribution in [2.75, 3.05) is 10.6 Å². The lowest BCUT2D eigenvalue weighted by Crippen LogP contribution is -2.15. The zero-order valence-corrected chi connectivity index (χ0v) is 12.6. The SMILES string of the molecule is Cc1cccnc1N/C=C(/C#N)C(=O)Nc1ccccc1Cl. The summed E-state index contributed by atoms with van der Waals surface area (Å²) in [6.45, 7) is 1.87. The van der Waals surface area contributed by atoms with Crippen molar-refractivity contribution >= 4 is 29.0 Å². The number of carbonyl (C=O) groups is 1. The Labute approximate surface area is 133 Å². The lowest BCUT2D eigenvalue weighted by molar-refractivity contribution is -0.112. The van der Waals surface area contributed by atoms with E-state index < -0.39 is 5.91 Å². The highest BCUT2D eigenvalue weighted by molar-refractivity contribution is 6.33. The maximum Gasteiger partial charge on any atom is 0.267 e. The number of pyridine rings is 1. The Morgan fingerprint density at radius 1 is 1.32 bits per heavy atom. The van der Waals surface area contributed by atoms with Gasteiger partial charge >= 0.3 is 0 Å². The van der Waals surface area contributed by atoms with Crippen LogP contribution in [-0.4, -0.2) is 10.9 Å². The summed E-state index contributed by atoms with van der Waals surface area (Å²) in [5.41, 5.74) is 1.27. The van der Waals surface area contributed by atoms with Crippen LogP contribution in [0.3, 0.4) is 0 Å². The first-order valence-corrected chi connectivity index (χ1v) is 6.84. The standard InChI is InChI=1S/C16H13ClN4O/c1-11-5-4-8-19-15(11)20-10-12(9-18)16(22)21-14-7-3-2-6-13(14)17/h2-8,10H,1H3,(H,19,20)(H,21,22)/b12-10-. The molecule has 2 rings (SSSR count). The monoisotopic (exact) mass is 312 g/mol. The molecule has 0 aliphatic heterocycles. The predicted octanol–water partition coefficient (Wildman–Crippen LogP) is 3.50. The summed E-state index contributed by atoms with van der Waals surface area (Å²) in [7, 11) is 0. The van der Waals surface area contributed by atoms with Crippen LogP contribution in [0.15, 0.2) is 54.4 Å². The van der Waals surface area contributed by atoms with E-state index in [1.807, 2.05) is 19.1 Å². The average molecular weight is 313 g/mol. The van der Waals surface area contributed by atoms with Gasteiger partial charge in [-0.05, 0) is 30.7 Å². The fourth-order valence-corrected chi connectivity index (χ4v) is 1.86. The topological polar surface area (TPSA) is 77.8 Å². The molecule has 0 bridgehead atoms. The number of para-hydroxylation sites is 1. The molecule has 1 heterocycles. The first-order valence-electron chi connectivity index (χ1n) is 6.46. The molecule has 22 heavy (non-hydrogen) atoms. The van der Waals surface area contributed by atoms with Gasteiger partial charge in [0.2, 0.25) is 0 Å². The van der Waals surface area contributed by atoms with E-state index in [0.717, 1.165) is 5.56 Å². The van der Waals surface area contributed by atoms with E-state index in [4.69, 9.17) is 16.9 Å². The summed E-state index contributed by atoms with van der Waals surface area (Å²) in [4.78, 5) is 16.2. The Bertz CT molecular complexity index is 765. The molecular weight excluding hydrogens is 300 g/mol. The molecule has 0 fully saturated rings. The van der Waals surface area contributed by atoms with Crippen molar-refractivity contribution in [1.82, 2.24) is 4.98 Å².